The second kappa shape index (κ2) is 5.67. The van der Waals surface area contributed by atoms with Crippen LogP contribution in [-0.4, -0.2) is 11.9 Å². The molecule has 0 bridgehead atoms. The van der Waals surface area contributed by atoms with Gasteiger partial charge < -0.3 is 24.2 Å². The van der Waals surface area contributed by atoms with Crippen LogP contribution in [0.2, 0.25) is 0 Å². The fraction of sp³-hybridized carbons (Fsp3) is 0.0909. The first kappa shape index (κ1) is 13.5. The Hall–Kier alpha value is -1.57. The van der Waals surface area contributed by atoms with Gasteiger partial charge in [0.15, 0.2) is 3.77 Å². The van der Waals surface area contributed by atoms with Crippen molar-refractivity contribution in [2.75, 3.05) is 0 Å². The van der Waals surface area contributed by atoms with Gasteiger partial charge in [-0.3, -0.25) is 0 Å². The summed E-state index contributed by atoms with van der Waals surface area (Å²) in [5, 5.41) is 21.2. The van der Waals surface area contributed by atoms with Gasteiger partial charge in [-0.15, -0.1) is 0 Å². The first-order valence-corrected chi connectivity index (χ1v) is 5.56. The average molecular weight is 346 g/mol. The van der Waals surface area contributed by atoms with E-state index in [1.807, 2.05) is 22.6 Å². The van der Waals surface area contributed by atoms with E-state index in [1.165, 1.54) is 13.0 Å². The zero-order valence-corrected chi connectivity index (χ0v) is 10.9. The molecule has 0 radical (unpaired) electrons. The summed E-state index contributed by atoms with van der Waals surface area (Å²) in [7, 11) is 0. The molecule has 17 heavy (non-hydrogen) atoms. The highest BCUT2D eigenvalue weighted by Crippen LogP contribution is 2.17. The molecule has 0 spiro atoms. The molecule has 0 aliphatic rings. The fourth-order valence-electron chi connectivity index (χ4n) is 1.14. The number of halogens is 1. The lowest BCUT2D eigenvalue weighted by atomic mass is 10.1. The summed E-state index contributed by atoms with van der Waals surface area (Å²) in [6, 6.07) is 3.22. The van der Waals surface area contributed by atoms with Crippen molar-refractivity contribution in [2.45, 2.75) is 6.92 Å². The zero-order valence-electron chi connectivity index (χ0n) is 8.73. The molecule has 0 atom stereocenters. The van der Waals surface area contributed by atoms with E-state index in [2.05, 4.69) is 0 Å². The minimum atomic E-state index is -1.48. The van der Waals surface area contributed by atoms with Gasteiger partial charge in [0, 0.05) is 5.57 Å². The molecule has 0 unspecified atom stereocenters. The number of rotatable bonds is 4. The van der Waals surface area contributed by atoms with Crippen LogP contribution in [0.4, 0.5) is 0 Å². The van der Waals surface area contributed by atoms with Gasteiger partial charge in [0.05, 0.1) is 11.9 Å². The minimum Gasteiger partial charge on any atom is -0.545 e. The van der Waals surface area contributed by atoms with Gasteiger partial charge in [-0.1, -0.05) is 0 Å². The van der Waals surface area contributed by atoms with Crippen molar-refractivity contribution < 1.29 is 24.2 Å². The van der Waals surface area contributed by atoms with Crippen LogP contribution in [0.25, 0.3) is 6.08 Å². The van der Waals surface area contributed by atoms with Crippen molar-refractivity contribution in [3.05, 3.63) is 38.9 Å². The van der Waals surface area contributed by atoms with Crippen LogP contribution in [0.15, 0.2) is 33.8 Å². The Morgan fingerprint density at radius 2 is 2.00 bits per heavy atom. The lowest BCUT2D eigenvalue weighted by molar-refractivity contribution is -0.298. The summed E-state index contributed by atoms with van der Waals surface area (Å²) in [4.78, 5) is 21.2. The molecular formula is C11H7IO5-2. The molecule has 6 heteroatoms. The second-order valence-corrected chi connectivity index (χ2v) is 4.20. The van der Waals surface area contributed by atoms with Gasteiger partial charge in [0.25, 0.3) is 0 Å². The Morgan fingerprint density at radius 3 is 2.41 bits per heavy atom. The third-order valence-electron chi connectivity index (χ3n) is 1.86. The monoisotopic (exact) mass is 346 g/mol. The van der Waals surface area contributed by atoms with E-state index in [-0.39, 0.29) is 11.1 Å². The van der Waals surface area contributed by atoms with E-state index in [9.17, 15) is 19.8 Å². The van der Waals surface area contributed by atoms with Crippen molar-refractivity contribution in [3.8, 4) is 0 Å². The molecule has 0 amide bonds. The highest BCUT2D eigenvalue weighted by molar-refractivity contribution is 14.1. The minimum absolute atomic E-state index is 0.0245. The lowest BCUT2D eigenvalue weighted by Crippen LogP contribution is -2.26. The highest BCUT2D eigenvalue weighted by Gasteiger charge is 2.04. The number of furan rings is 1. The van der Waals surface area contributed by atoms with Gasteiger partial charge >= 0.3 is 0 Å². The summed E-state index contributed by atoms with van der Waals surface area (Å²) >= 11 is 1.92. The molecule has 0 aromatic carbocycles. The largest absolute Gasteiger partial charge is 0.545 e. The molecule has 0 saturated heterocycles. The molecule has 0 aliphatic heterocycles. The zero-order chi connectivity index (χ0) is 13.0. The molecule has 1 heterocycles. The van der Waals surface area contributed by atoms with Crippen LogP contribution in [0.5, 0.6) is 0 Å². The summed E-state index contributed by atoms with van der Waals surface area (Å²) in [5.41, 5.74) is -0.239. The van der Waals surface area contributed by atoms with Gasteiger partial charge in [-0.05, 0) is 59.4 Å². The number of carbonyl (C=O) groups is 2. The normalized spacial score (nSPS) is 12.6. The molecule has 5 nitrogen and oxygen atoms in total. The number of carboxylic acid groups (broad SMARTS) is 2. The maximum Gasteiger partial charge on any atom is 0.164 e. The third-order valence-corrected chi connectivity index (χ3v) is 2.44. The van der Waals surface area contributed by atoms with E-state index in [1.54, 1.807) is 12.1 Å². The molecule has 0 N–H and O–H groups in total. The first-order valence-electron chi connectivity index (χ1n) is 4.48. The summed E-state index contributed by atoms with van der Waals surface area (Å²) < 4.78 is 5.74. The number of carbonyl (C=O) groups excluding carboxylic acids is 2. The topological polar surface area (TPSA) is 93.4 Å². The maximum absolute atomic E-state index is 10.9. The van der Waals surface area contributed by atoms with Crippen LogP contribution in [0, 0.1) is 3.77 Å². The second-order valence-electron chi connectivity index (χ2n) is 3.13. The van der Waals surface area contributed by atoms with Crippen LogP contribution in [0.3, 0.4) is 0 Å². The van der Waals surface area contributed by atoms with Crippen molar-refractivity contribution >= 4 is 40.6 Å². The van der Waals surface area contributed by atoms with E-state index in [4.69, 9.17) is 4.42 Å². The maximum atomic E-state index is 10.9. The van der Waals surface area contributed by atoms with E-state index in [0.29, 0.717) is 15.6 Å². The standard InChI is InChI=1S/C11H9IO5/c1-6(4-10(13)14)8(11(15)16)5-7-2-3-9(12)17-7/h2-5H,1H3,(H,13,14)(H,15,16)/p-2/b6-4+,8-5-. The molecule has 90 valence electrons. The van der Waals surface area contributed by atoms with Gasteiger partial charge in [0.2, 0.25) is 0 Å². The molecule has 0 saturated carbocycles. The van der Waals surface area contributed by atoms with Gasteiger partial charge in [0.1, 0.15) is 5.76 Å². The molecule has 0 aliphatic carbocycles. The van der Waals surface area contributed by atoms with Crippen LogP contribution < -0.4 is 10.2 Å². The molecule has 0 fully saturated rings. The summed E-state index contributed by atoms with van der Waals surface area (Å²) in [6.07, 6.45) is 1.89. The van der Waals surface area contributed by atoms with Crippen molar-refractivity contribution in [1.29, 1.82) is 0 Å². The van der Waals surface area contributed by atoms with E-state index in [0.717, 1.165) is 0 Å². The highest BCUT2D eigenvalue weighted by atomic mass is 127. The van der Waals surface area contributed by atoms with Gasteiger partial charge in [-0.25, -0.2) is 0 Å². The Kier molecular flexibility index (Phi) is 4.50. The smallest absolute Gasteiger partial charge is 0.164 e. The summed E-state index contributed by atoms with van der Waals surface area (Å²) in [5.74, 6) is -2.64. The number of hydrogen-bond donors (Lipinski definition) is 0. The Bertz CT molecular complexity index is 510. The van der Waals surface area contributed by atoms with E-state index < -0.39 is 11.9 Å². The quantitative estimate of drug-likeness (QED) is 0.425. The average Bonchev–Trinajstić information content (AvgIpc) is 2.58. The summed E-state index contributed by atoms with van der Waals surface area (Å²) in [6.45, 7) is 1.34. The fourth-order valence-corrected chi connectivity index (χ4v) is 1.57. The number of hydrogen-bond acceptors (Lipinski definition) is 5. The van der Waals surface area contributed by atoms with Crippen molar-refractivity contribution in [1.82, 2.24) is 0 Å². The molecular weight excluding hydrogens is 339 g/mol. The number of carboxylic acids is 2. The van der Waals surface area contributed by atoms with Crippen molar-refractivity contribution in [2.24, 2.45) is 0 Å². The molecule has 1 aromatic heterocycles. The number of aliphatic carboxylic acids is 2. The molecule has 1 aromatic rings. The Balaban J connectivity index is 3.14. The molecule has 1 rings (SSSR count). The predicted molar refractivity (Wildman–Crippen MR) is 63.2 cm³/mol. The lowest BCUT2D eigenvalue weighted by Gasteiger charge is -2.09. The first-order chi connectivity index (χ1) is 7.90. The third kappa shape index (κ3) is 4.06. The predicted octanol–water partition coefficient (Wildman–Crippen LogP) is -0.286. The van der Waals surface area contributed by atoms with Crippen LogP contribution >= 0.6 is 22.6 Å². The van der Waals surface area contributed by atoms with Gasteiger partial charge in [-0.2, -0.15) is 0 Å². The van der Waals surface area contributed by atoms with Crippen LogP contribution in [0.1, 0.15) is 12.7 Å². The van der Waals surface area contributed by atoms with Crippen molar-refractivity contribution in [3.63, 3.8) is 0 Å². The van der Waals surface area contributed by atoms with E-state index >= 15 is 0 Å². The van der Waals surface area contributed by atoms with Crippen LogP contribution in [-0.2, 0) is 9.59 Å². The SMILES string of the molecule is CC(=C\C(=O)[O-])/C(=C/c1ccc(I)o1)C(=O)[O-]. The Morgan fingerprint density at radius 1 is 1.35 bits per heavy atom. The Labute approximate surface area is 111 Å².